The van der Waals surface area contributed by atoms with Crippen LogP contribution in [0.1, 0.15) is 42.7 Å². The number of likely N-dealkylation sites (tertiary alicyclic amines) is 1. The Labute approximate surface area is 183 Å². The van der Waals surface area contributed by atoms with Gasteiger partial charge in [-0.05, 0) is 56.2 Å². The fraction of sp³-hybridized carbons (Fsp3) is 0.385. The largest absolute Gasteiger partial charge is 0.441 e. The summed E-state index contributed by atoms with van der Waals surface area (Å²) in [5.74, 6) is 1.35. The van der Waals surface area contributed by atoms with Gasteiger partial charge >= 0.3 is 0 Å². The van der Waals surface area contributed by atoms with Crippen LogP contribution in [0, 0.1) is 18.7 Å². The van der Waals surface area contributed by atoms with E-state index in [0.717, 1.165) is 32.4 Å². The fourth-order valence-corrected chi connectivity index (χ4v) is 4.18. The summed E-state index contributed by atoms with van der Waals surface area (Å²) in [5, 5.41) is 0. The van der Waals surface area contributed by atoms with Crippen molar-refractivity contribution in [2.45, 2.75) is 45.4 Å². The predicted molar refractivity (Wildman–Crippen MR) is 119 cm³/mol. The average Bonchev–Trinajstić information content (AvgIpc) is 3.26. The quantitative estimate of drug-likeness (QED) is 0.500. The second kappa shape index (κ2) is 9.90. The number of amides is 1. The Bertz CT molecular complexity index is 1000. The molecule has 2 heterocycles. The highest BCUT2D eigenvalue weighted by Crippen LogP contribution is 2.25. The van der Waals surface area contributed by atoms with E-state index in [-0.39, 0.29) is 11.7 Å². The van der Waals surface area contributed by atoms with Crippen LogP contribution in [0.3, 0.4) is 0 Å². The molecule has 31 heavy (non-hydrogen) atoms. The molecule has 0 saturated carbocycles. The number of benzene rings is 2. The number of halogens is 1. The minimum Gasteiger partial charge on any atom is -0.441 e. The van der Waals surface area contributed by atoms with E-state index in [0.29, 0.717) is 36.0 Å². The fourth-order valence-electron chi connectivity index (χ4n) is 4.18. The summed E-state index contributed by atoms with van der Waals surface area (Å²) < 4.78 is 19.6. The maximum atomic E-state index is 13.9. The van der Waals surface area contributed by atoms with Crippen molar-refractivity contribution in [3.63, 3.8) is 0 Å². The van der Waals surface area contributed by atoms with E-state index in [1.165, 1.54) is 29.8 Å². The number of rotatable bonds is 7. The van der Waals surface area contributed by atoms with Gasteiger partial charge in [-0.2, -0.15) is 0 Å². The van der Waals surface area contributed by atoms with Gasteiger partial charge in [-0.3, -0.25) is 4.79 Å². The Morgan fingerprint density at radius 2 is 1.84 bits per heavy atom. The Kier molecular flexibility index (Phi) is 6.80. The standard InChI is InChI=1S/C26H29FN2O2/c1-19-6-8-20(9-7-19)10-11-21-14-16-29(17-15-21)26(30)13-12-25-28-18-24(31-25)22-4-2-3-5-23(22)27/h2-9,18,21H,10-17H2,1H3. The molecule has 4 nitrogen and oxygen atoms in total. The molecule has 1 aromatic heterocycles. The third kappa shape index (κ3) is 5.60. The van der Waals surface area contributed by atoms with Gasteiger partial charge in [-0.1, -0.05) is 42.0 Å². The lowest BCUT2D eigenvalue weighted by molar-refractivity contribution is -0.132. The average molecular weight is 421 g/mol. The number of aryl methyl sites for hydroxylation is 3. The van der Waals surface area contributed by atoms with Crippen molar-refractivity contribution in [1.82, 2.24) is 9.88 Å². The second-order valence-corrected chi connectivity index (χ2v) is 8.45. The molecule has 1 aliphatic heterocycles. The molecule has 0 bridgehead atoms. The second-order valence-electron chi connectivity index (χ2n) is 8.45. The topological polar surface area (TPSA) is 46.3 Å². The molecule has 0 N–H and O–H groups in total. The first-order valence-electron chi connectivity index (χ1n) is 11.1. The molecule has 4 rings (SSSR count). The van der Waals surface area contributed by atoms with Gasteiger partial charge in [0.15, 0.2) is 11.7 Å². The molecule has 1 saturated heterocycles. The highest BCUT2D eigenvalue weighted by molar-refractivity contribution is 5.76. The monoisotopic (exact) mass is 420 g/mol. The molecule has 5 heteroatoms. The van der Waals surface area contributed by atoms with E-state index in [2.05, 4.69) is 36.2 Å². The van der Waals surface area contributed by atoms with Gasteiger partial charge in [0.2, 0.25) is 5.91 Å². The third-order valence-corrected chi connectivity index (χ3v) is 6.17. The Morgan fingerprint density at radius 1 is 1.10 bits per heavy atom. The van der Waals surface area contributed by atoms with Gasteiger partial charge < -0.3 is 9.32 Å². The molecule has 0 spiro atoms. The minimum atomic E-state index is -0.341. The van der Waals surface area contributed by atoms with Crippen molar-refractivity contribution >= 4 is 5.91 Å². The highest BCUT2D eigenvalue weighted by atomic mass is 19.1. The number of nitrogens with zero attached hydrogens (tertiary/aromatic N) is 2. The Hall–Kier alpha value is -2.95. The lowest BCUT2D eigenvalue weighted by atomic mass is 9.90. The highest BCUT2D eigenvalue weighted by Gasteiger charge is 2.23. The molecular weight excluding hydrogens is 391 g/mol. The van der Waals surface area contributed by atoms with Gasteiger partial charge in [-0.25, -0.2) is 9.37 Å². The van der Waals surface area contributed by atoms with Crippen LogP contribution in [0.4, 0.5) is 4.39 Å². The van der Waals surface area contributed by atoms with Crippen molar-refractivity contribution in [3.8, 4) is 11.3 Å². The molecule has 3 aromatic rings. The minimum absolute atomic E-state index is 0.141. The van der Waals surface area contributed by atoms with Gasteiger partial charge in [0.1, 0.15) is 5.82 Å². The zero-order chi connectivity index (χ0) is 21.6. The zero-order valence-electron chi connectivity index (χ0n) is 18.0. The molecule has 0 aliphatic carbocycles. The van der Waals surface area contributed by atoms with Crippen molar-refractivity contribution in [2.75, 3.05) is 13.1 Å². The maximum absolute atomic E-state index is 13.9. The summed E-state index contributed by atoms with van der Waals surface area (Å²) in [6, 6.07) is 15.2. The first-order valence-corrected chi connectivity index (χ1v) is 11.1. The van der Waals surface area contributed by atoms with Crippen molar-refractivity contribution in [1.29, 1.82) is 0 Å². The van der Waals surface area contributed by atoms with Gasteiger partial charge in [0.25, 0.3) is 0 Å². The van der Waals surface area contributed by atoms with Crippen LogP contribution in [0.2, 0.25) is 0 Å². The molecule has 1 amide bonds. The predicted octanol–water partition coefficient (Wildman–Crippen LogP) is 5.59. The molecule has 0 atom stereocenters. The molecule has 162 valence electrons. The summed E-state index contributed by atoms with van der Waals surface area (Å²) in [5.41, 5.74) is 3.08. The third-order valence-electron chi connectivity index (χ3n) is 6.17. The Balaban J connectivity index is 1.21. The van der Waals surface area contributed by atoms with Gasteiger partial charge in [-0.15, -0.1) is 0 Å². The summed E-state index contributed by atoms with van der Waals surface area (Å²) in [4.78, 5) is 18.8. The SMILES string of the molecule is Cc1ccc(CCC2CCN(C(=O)CCc3ncc(-c4ccccc4F)o3)CC2)cc1. The molecule has 1 fully saturated rings. The van der Waals surface area contributed by atoms with E-state index >= 15 is 0 Å². The summed E-state index contributed by atoms with van der Waals surface area (Å²) in [7, 11) is 0. The van der Waals surface area contributed by atoms with Gasteiger partial charge in [0.05, 0.1) is 11.8 Å². The number of oxazole rings is 1. The smallest absolute Gasteiger partial charge is 0.223 e. The molecular formula is C26H29FN2O2. The number of piperidine rings is 1. The Morgan fingerprint density at radius 3 is 2.58 bits per heavy atom. The number of carbonyl (C=O) groups is 1. The van der Waals surface area contributed by atoms with Crippen LogP contribution in [-0.2, 0) is 17.6 Å². The molecule has 0 radical (unpaired) electrons. The number of carbonyl (C=O) groups excluding carboxylic acids is 1. The van der Waals surface area contributed by atoms with E-state index in [1.807, 2.05) is 4.90 Å². The van der Waals surface area contributed by atoms with E-state index in [4.69, 9.17) is 4.42 Å². The van der Waals surface area contributed by atoms with Crippen LogP contribution in [-0.4, -0.2) is 28.9 Å². The van der Waals surface area contributed by atoms with E-state index in [1.54, 1.807) is 18.2 Å². The summed E-state index contributed by atoms with van der Waals surface area (Å²) in [6.07, 6.45) is 6.74. The lowest BCUT2D eigenvalue weighted by Crippen LogP contribution is -2.38. The van der Waals surface area contributed by atoms with E-state index < -0.39 is 0 Å². The zero-order valence-corrected chi connectivity index (χ0v) is 18.0. The number of hydrogen-bond donors (Lipinski definition) is 0. The van der Waals surface area contributed by atoms with Crippen LogP contribution in [0.15, 0.2) is 59.1 Å². The first kappa shape index (κ1) is 21.3. The lowest BCUT2D eigenvalue weighted by Gasteiger charge is -2.32. The van der Waals surface area contributed by atoms with Crippen LogP contribution in [0.25, 0.3) is 11.3 Å². The van der Waals surface area contributed by atoms with Crippen LogP contribution in [0.5, 0.6) is 0 Å². The van der Waals surface area contributed by atoms with Crippen molar-refractivity contribution < 1.29 is 13.6 Å². The number of aromatic nitrogens is 1. The number of hydrogen-bond acceptors (Lipinski definition) is 3. The normalized spacial score (nSPS) is 14.7. The molecule has 2 aromatic carbocycles. The molecule has 0 unspecified atom stereocenters. The first-order chi connectivity index (χ1) is 15.1. The van der Waals surface area contributed by atoms with Crippen LogP contribution >= 0.6 is 0 Å². The molecule has 1 aliphatic rings. The summed E-state index contributed by atoms with van der Waals surface area (Å²) in [6.45, 7) is 3.76. The summed E-state index contributed by atoms with van der Waals surface area (Å²) >= 11 is 0. The maximum Gasteiger partial charge on any atom is 0.223 e. The van der Waals surface area contributed by atoms with Crippen molar-refractivity contribution in [3.05, 3.63) is 77.6 Å². The van der Waals surface area contributed by atoms with Crippen molar-refractivity contribution in [2.24, 2.45) is 5.92 Å². The van der Waals surface area contributed by atoms with Gasteiger partial charge in [0, 0.05) is 25.9 Å². The van der Waals surface area contributed by atoms with E-state index in [9.17, 15) is 9.18 Å². The van der Waals surface area contributed by atoms with Crippen LogP contribution < -0.4 is 0 Å².